The summed E-state index contributed by atoms with van der Waals surface area (Å²) in [7, 11) is 0. The number of nitrogens with zero attached hydrogens (tertiary/aromatic N) is 1. The molecule has 0 saturated carbocycles. The fourth-order valence-corrected chi connectivity index (χ4v) is 3.02. The summed E-state index contributed by atoms with van der Waals surface area (Å²) in [6, 6.07) is 0. The number of aryl methyl sites for hydroxylation is 1. The first-order valence-corrected chi connectivity index (χ1v) is 6.94. The number of aliphatic hydroxyl groups excluding tert-OH is 1. The van der Waals surface area contributed by atoms with Crippen molar-refractivity contribution in [2.45, 2.75) is 37.2 Å². The van der Waals surface area contributed by atoms with Crippen molar-refractivity contribution in [2.24, 2.45) is 0 Å². The van der Waals surface area contributed by atoms with Gasteiger partial charge in [0.15, 0.2) is 5.13 Å². The number of hydrogen-bond acceptors (Lipinski definition) is 6. The first-order valence-electron chi connectivity index (χ1n) is 5.14. The van der Waals surface area contributed by atoms with Crippen LogP contribution in [-0.2, 0) is 4.74 Å². The summed E-state index contributed by atoms with van der Waals surface area (Å²) >= 11 is 3.03. The minimum Gasteiger partial charge on any atom is -0.390 e. The van der Waals surface area contributed by atoms with Crippen molar-refractivity contribution in [3.8, 4) is 0 Å². The molecule has 1 aromatic heterocycles. The molecule has 0 saturated heterocycles. The SMILES string of the molecule is Cc1nc(N)sc1SCC(O)COC(C)C. The predicted molar refractivity (Wildman–Crippen MR) is 69.1 cm³/mol. The lowest BCUT2D eigenvalue weighted by atomic mass is 10.4. The average molecular weight is 262 g/mol. The van der Waals surface area contributed by atoms with E-state index in [-0.39, 0.29) is 6.10 Å². The summed E-state index contributed by atoms with van der Waals surface area (Å²) in [5.74, 6) is 0.606. The van der Waals surface area contributed by atoms with Crippen LogP contribution in [0.2, 0.25) is 0 Å². The largest absolute Gasteiger partial charge is 0.390 e. The Morgan fingerprint density at radius 1 is 1.56 bits per heavy atom. The Kier molecular flexibility index (Phi) is 5.54. The van der Waals surface area contributed by atoms with Crippen LogP contribution >= 0.6 is 23.1 Å². The van der Waals surface area contributed by atoms with E-state index in [4.69, 9.17) is 10.5 Å². The second-order valence-corrected chi connectivity index (χ2v) is 6.09. The Bertz CT molecular complexity index is 329. The standard InChI is InChI=1S/C10H18N2O2S2/c1-6(2)14-4-8(13)5-15-9-7(3)12-10(11)16-9/h6,8,13H,4-5H2,1-3H3,(H2,11,12). The zero-order valence-electron chi connectivity index (χ0n) is 9.77. The molecule has 1 aromatic rings. The van der Waals surface area contributed by atoms with Gasteiger partial charge in [-0.25, -0.2) is 4.98 Å². The third-order valence-electron chi connectivity index (χ3n) is 1.80. The van der Waals surface area contributed by atoms with E-state index < -0.39 is 6.10 Å². The highest BCUT2D eigenvalue weighted by molar-refractivity contribution is 8.01. The third-order valence-corrected chi connectivity index (χ3v) is 4.29. The molecule has 0 aliphatic rings. The predicted octanol–water partition coefficient (Wildman–Crippen LogP) is 1.91. The summed E-state index contributed by atoms with van der Waals surface area (Å²) in [5, 5.41) is 10.2. The Hall–Kier alpha value is -0.300. The molecule has 1 unspecified atom stereocenters. The lowest BCUT2D eigenvalue weighted by Crippen LogP contribution is -2.20. The number of hydrogen-bond donors (Lipinski definition) is 2. The zero-order valence-corrected chi connectivity index (χ0v) is 11.4. The zero-order chi connectivity index (χ0) is 12.1. The van der Waals surface area contributed by atoms with Crippen LogP contribution in [0.5, 0.6) is 0 Å². The molecule has 0 fully saturated rings. The number of anilines is 1. The summed E-state index contributed by atoms with van der Waals surface area (Å²) in [6.07, 6.45) is -0.296. The van der Waals surface area contributed by atoms with Gasteiger partial charge in [-0.05, 0) is 20.8 Å². The lowest BCUT2D eigenvalue weighted by Gasteiger charge is -2.12. The highest BCUT2D eigenvalue weighted by Gasteiger charge is 2.10. The topological polar surface area (TPSA) is 68.4 Å². The van der Waals surface area contributed by atoms with Crippen LogP contribution in [0.4, 0.5) is 5.13 Å². The van der Waals surface area contributed by atoms with Gasteiger partial charge in [0.25, 0.3) is 0 Å². The normalized spacial score (nSPS) is 13.3. The maximum absolute atomic E-state index is 9.66. The highest BCUT2D eigenvalue weighted by Crippen LogP contribution is 2.30. The van der Waals surface area contributed by atoms with E-state index in [1.165, 1.54) is 11.3 Å². The molecule has 0 aliphatic heterocycles. The summed E-state index contributed by atoms with van der Waals surface area (Å²) < 4.78 is 6.40. The van der Waals surface area contributed by atoms with E-state index in [9.17, 15) is 5.11 Å². The maximum atomic E-state index is 9.66. The molecule has 4 nitrogen and oxygen atoms in total. The molecule has 0 aliphatic carbocycles. The minimum atomic E-state index is -0.449. The molecule has 1 rings (SSSR count). The second kappa shape index (κ2) is 6.44. The summed E-state index contributed by atoms with van der Waals surface area (Å²) in [5.41, 5.74) is 6.53. The molecule has 6 heteroatoms. The van der Waals surface area contributed by atoms with Gasteiger partial charge >= 0.3 is 0 Å². The van der Waals surface area contributed by atoms with Crippen LogP contribution in [0.3, 0.4) is 0 Å². The van der Waals surface area contributed by atoms with E-state index in [2.05, 4.69) is 4.98 Å². The number of nitrogen functional groups attached to an aromatic ring is 1. The molecule has 1 heterocycles. The summed E-state index contributed by atoms with van der Waals surface area (Å²) in [6.45, 7) is 6.20. The fourth-order valence-electron chi connectivity index (χ4n) is 1.06. The van der Waals surface area contributed by atoms with Gasteiger partial charge in [-0.15, -0.1) is 11.8 Å². The van der Waals surface area contributed by atoms with Crippen molar-refractivity contribution < 1.29 is 9.84 Å². The Balaban J connectivity index is 2.31. The number of rotatable bonds is 6. The molecule has 0 bridgehead atoms. The first kappa shape index (κ1) is 13.8. The molecule has 92 valence electrons. The van der Waals surface area contributed by atoms with Crippen molar-refractivity contribution in [1.29, 1.82) is 0 Å². The average Bonchev–Trinajstić information content (AvgIpc) is 2.51. The lowest BCUT2D eigenvalue weighted by molar-refractivity contribution is 0.0152. The Morgan fingerprint density at radius 2 is 2.25 bits per heavy atom. The van der Waals surface area contributed by atoms with Gasteiger partial charge in [-0.1, -0.05) is 11.3 Å². The van der Waals surface area contributed by atoms with Crippen molar-refractivity contribution in [3.63, 3.8) is 0 Å². The van der Waals surface area contributed by atoms with E-state index in [1.54, 1.807) is 11.8 Å². The number of thioether (sulfide) groups is 1. The summed E-state index contributed by atoms with van der Waals surface area (Å²) in [4.78, 5) is 4.13. The van der Waals surface area contributed by atoms with Crippen LogP contribution < -0.4 is 5.73 Å². The molecular formula is C10H18N2O2S2. The highest BCUT2D eigenvalue weighted by atomic mass is 32.2. The second-order valence-electron chi connectivity index (χ2n) is 3.77. The van der Waals surface area contributed by atoms with Gasteiger partial charge in [0.05, 0.1) is 28.7 Å². The van der Waals surface area contributed by atoms with Crippen LogP contribution in [0, 0.1) is 6.92 Å². The van der Waals surface area contributed by atoms with Gasteiger partial charge in [-0.3, -0.25) is 0 Å². The van der Waals surface area contributed by atoms with Gasteiger partial charge < -0.3 is 15.6 Å². The molecule has 3 N–H and O–H groups in total. The monoisotopic (exact) mass is 262 g/mol. The van der Waals surface area contributed by atoms with Crippen molar-refractivity contribution in [2.75, 3.05) is 18.1 Å². The quantitative estimate of drug-likeness (QED) is 0.767. The Labute approximate surface area is 104 Å². The van der Waals surface area contributed by atoms with Crippen molar-refractivity contribution in [1.82, 2.24) is 4.98 Å². The first-order chi connectivity index (χ1) is 7.49. The number of aliphatic hydroxyl groups is 1. The third kappa shape index (κ3) is 4.69. The van der Waals surface area contributed by atoms with Crippen LogP contribution in [0.15, 0.2) is 4.21 Å². The van der Waals surface area contributed by atoms with Crippen LogP contribution in [0.25, 0.3) is 0 Å². The van der Waals surface area contributed by atoms with Gasteiger partial charge in [0.2, 0.25) is 0 Å². The molecular weight excluding hydrogens is 244 g/mol. The fraction of sp³-hybridized carbons (Fsp3) is 0.700. The van der Waals surface area contributed by atoms with E-state index in [0.29, 0.717) is 17.5 Å². The van der Waals surface area contributed by atoms with Crippen molar-refractivity contribution in [3.05, 3.63) is 5.69 Å². The van der Waals surface area contributed by atoms with Crippen molar-refractivity contribution >= 4 is 28.2 Å². The van der Waals surface area contributed by atoms with Crippen LogP contribution in [-0.4, -0.2) is 34.7 Å². The molecule has 0 amide bonds. The molecule has 0 spiro atoms. The number of aromatic nitrogens is 1. The van der Waals surface area contributed by atoms with Crippen LogP contribution in [0.1, 0.15) is 19.5 Å². The van der Waals surface area contributed by atoms with E-state index >= 15 is 0 Å². The molecule has 0 aromatic carbocycles. The minimum absolute atomic E-state index is 0.153. The maximum Gasteiger partial charge on any atom is 0.181 e. The number of thiazole rings is 1. The van der Waals surface area contributed by atoms with Gasteiger partial charge in [0.1, 0.15) is 0 Å². The smallest absolute Gasteiger partial charge is 0.181 e. The molecule has 0 radical (unpaired) electrons. The van der Waals surface area contributed by atoms with E-state index in [1.807, 2.05) is 20.8 Å². The number of ether oxygens (including phenoxy) is 1. The van der Waals surface area contributed by atoms with Gasteiger partial charge in [0, 0.05) is 5.75 Å². The van der Waals surface area contributed by atoms with E-state index in [0.717, 1.165) is 9.90 Å². The van der Waals surface area contributed by atoms with Gasteiger partial charge in [-0.2, -0.15) is 0 Å². The molecule has 16 heavy (non-hydrogen) atoms. The number of nitrogens with two attached hydrogens (primary N) is 1. The molecule has 1 atom stereocenters. The Morgan fingerprint density at radius 3 is 2.75 bits per heavy atom.